The molecule has 0 aliphatic carbocycles. The number of alkyl halides is 1. The molecule has 2 unspecified atom stereocenters. The number of anilines is 1. The van der Waals surface area contributed by atoms with Gasteiger partial charge >= 0.3 is 13.5 Å². The first-order valence-electron chi connectivity index (χ1n) is 12.5. The summed E-state index contributed by atoms with van der Waals surface area (Å²) in [6.45, 7) is -7.16. The Morgan fingerprint density at radius 3 is 2.44 bits per heavy atom. The van der Waals surface area contributed by atoms with Crippen LogP contribution in [-0.2, 0) is 43.9 Å². The Kier molecular flexibility index (Phi) is 7.53. The van der Waals surface area contributed by atoms with Crippen molar-refractivity contribution < 1.29 is 42.1 Å². The van der Waals surface area contributed by atoms with Gasteiger partial charge in [0.15, 0.2) is 35.9 Å². The van der Waals surface area contributed by atoms with E-state index >= 15 is 0 Å². The van der Waals surface area contributed by atoms with Gasteiger partial charge in [0.1, 0.15) is 53.5 Å². The quantitative estimate of drug-likeness (QED) is 0.132. The van der Waals surface area contributed by atoms with Crippen LogP contribution in [0, 0.1) is 6.92 Å². The summed E-state index contributed by atoms with van der Waals surface area (Å²) in [5.74, 6) is 0.143. The number of thiol groups is 1. The van der Waals surface area contributed by atoms with Gasteiger partial charge < -0.3 is 29.7 Å². The van der Waals surface area contributed by atoms with Crippen molar-refractivity contribution in [3.8, 4) is 0 Å². The fourth-order valence-electron chi connectivity index (χ4n) is 5.10. The average molecular weight is 694 g/mol. The van der Waals surface area contributed by atoms with Gasteiger partial charge in [0.2, 0.25) is 0 Å². The predicted molar refractivity (Wildman–Crippen MR) is 153 cm³/mol. The highest BCUT2D eigenvalue weighted by Crippen LogP contribution is 2.60. The second kappa shape index (κ2) is 10.9. The number of aliphatic hydroxyl groups is 1. The molecule has 18 nitrogen and oxygen atoms in total. The zero-order valence-corrected chi connectivity index (χ0v) is 25.9. The average Bonchev–Trinajstić information content (AvgIpc) is 3.70. The third-order valence-electron chi connectivity index (χ3n) is 7.06. The maximum atomic E-state index is 13.5. The molecule has 3 saturated heterocycles. The molecule has 0 spiro atoms. The van der Waals surface area contributed by atoms with Crippen LogP contribution in [0.2, 0.25) is 0 Å². The Labute approximate surface area is 256 Å². The molecule has 43 heavy (non-hydrogen) atoms. The monoisotopic (exact) mass is 693 g/mol. The van der Waals surface area contributed by atoms with Crippen LogP contribution >= 0.6 is 37.4 Å². The maximum Gasteiger partial charge on any atom is 0.386 e. The molecular weight excluding hydrogens is 672 g/mol. The van der Waals surface area contributed by atoms with Crippen LogP contribution in [0.1, 0.15) is 18.1 Å². The number of nitrogens with two attached hydrogens (primary N) is 1. The van der Waals surface area contributed by atoms with E-state index in [4.69, 9.17) is 56.7 Å². The lowest BCUT2D eigenvalue weighted by molar-refractivity contribution is -0.133. The zero-order valence-electron chi connectivity index (χ0n) is 21.7. The van der Waals surface area contributed by atoms with Crippen molar-refractivity contribution in [2.75, 3.05) is 12.3 Å². The van der Waals surface area contributed by atoms with Gasteiger partial charge in [-0.3, -0.25) is 22.7 Å². The molecule has 4 aromatic heterocycles. The lowest BCUT2D eigenvalue weighted by Crippen LogP contribution is -2.37. The van der Waals surface area contributed by atoms with E-state index in [9.17, 15) is 14.6 Å². The first-order valence-corrected chi connectivity index (χ1v) is 18.2. The number of aliphatic hydroxyl groups excluding tert-OH is 1. The molecule has 0 saturated carbocycles. The number of aromatic nitrogens is 8. The SMILES string of the molecule is Cc1ncnc2c1ncn2[C@@H]1O[C@@H]2OP(O)(=S)O[C@H]3[C@@H](Cl)[C@H](n4cnc5c(N)ncnc54)O[C@@H]3COP(=O)(S)O[C@@H]1[C@@H]2O. The Morgan fingerprint density at radius 2 is 1.67 bits per heavy atom. The molecule has 23 heteroatoms. The fraction of sp³-hybridized carbons (Fsp3) is 0.500. The predicted octanol–water partition coefficient (Wildman–Crippen LogP) is 1.35. The Balaban J connectivity index is 1.21. The normalized spacial score (nSPS) is 38.6. The van der Waals surface area contributed by atoms with Crippen LogP contribution in [0.5, 0.6) is 0 Å². The molecule has 10 atom stereocenters. The lowest BCUT2D eigenvalue weighted by Gasteiger charge is -2.29. The summed E-state index contributed by atoms with van der Waals surface area (Å²) in [7, 11) is 0. The smallest absolute Gasteiger partial charge is 0.385 e. The van der Waals surface area contributed by atoms with Crippen LogP contribution in [-0.4, -0.2) is 91.7 Å². The summed E-state index contributed by atoms with van der Waals surface area (Å²) in [5.41, 5.74) is 7.90. The number of fused-ring (bicyclic) bond motifs is 5. The lowest BCUT2D eigenvalue weighted by atomic mass is 10.2. The number of nitrogen functional groups attached to an aromatic ring is 1. The van der Waals surface area contributed by atoms with E-state index < -0.39 is 68.7 Å². The van der Waals surface area contributed by atoms with E-state index in [0.29, 0.717) is 28.0 Å². The van der Waals surface area contributed by atoms with Gasteiger partial charge in [-0.2, -0.15) is 0 Å². The van der Waals surface area contributed by atoms with Crippen molar-refractivity contribution in [3.63, 3.8) is 0 Å². The summed E-state index contributed by atoms with van der Waals surface area (Å²) in [5, 5.41) is 10.1. The molecule has 4 N–H and O–H groups in total. The summed E-state index contributed by atoms with van der Waals surface area (Å²) in [4.78, 5) is 36.1. The Hall–Kier alpha value is -1.90. The first-order chi connectivity index (χ1) is 20.4. The van der Waals surface area contributed by atoms with Crippen LogP contribution in [0.25, 0.3) is 22.3 Å². The van der Waals surface area contributed by atoms with Crippen LogP contribution in [0.3, 0.4) is 0 Å². The molecule has 7 rings (SSSR count). The van der Waals surface area contributed by atoms with Gasteiger partial charge in [0.25, 0.3) is 0 Å². The topological polar surface area (TPSA) is 226 Å². The standard InChI is InChI=1S/C20H22ClN9O9P2S2/c1-7-10-16(25-3-23-7)30(5-27-10)19-14-12(31)20(36-19)39-41(33,43)37-13-8(2-34-40(32,42)38-14)35-18(9(13)21)29-6-28-11-15(22)24-4-26-17(11)29/h3-6,8-9,12-14,18-20,31H,2H2,1H3,(H,32,42)(H,33,43)(H2,22,24,26)/t8-,9-,12+,13-,14-,18-,19-,20-,40?,41?/m1/s1. The van der Waals surface area contributed by atoms with Crippen molar-refractivity contribution in [1.82, 2.24) is 39.0 Å². The number of imidazole rings is 2. The van der Waals surface area contributed by atoms with E-state index in [-0.39, 0.29) is 5.82 Å². The van der Waals surface area contributed by atoms with Crippen molar-refractivity contribution in [3.05, 3.63) is 31.0 Å². The van der Waals surface area contributed by atoms with Crippen molar-refractivity contribution >= 4 is 77.3 Å². The molecule has 3 aliphatic rings. The van der Waals surface area contributed by atoms with Gasteiger partial charge in [-0.15, -0.1) is 11.6 Å². The number of ether oxygens (including phenoxy) is 2. The molecule has 2 bridgehead atoms. The minimum atomic E-state index is -4.24. The molecule has 0 radical (unpaired) electrons. The zero-order chi connectivity index (χ0) is 30.3. The van der Waals surface area contributed by atoms with Crippen molar-refractivity contribution in [1.29, 1.82) is 0 Å². The van der Waals surface area contributed by atoms with Crippen LogP contribution in [0.4, 0.5) is 5.82 Å². The summed E-state index contributed by atoms with van der Waals surface area (Å²) in [6.07, 6.45) is -3.77. The molecule has 0 aromatic carbocycles. The third-order valence-corrected chi connectivity index (χ3v) is 10.6. The molecule has 3 aliphatic heterocycles. The van der Waals surface area contributed by atoms with Crippen LogP contribution < -0.4 is 5.73 Å². The number of halogens is 1. The minimum Gasteiger partial charge on any atom is -0.385 e. The number of nitrogens with zero attached hydrogens (tertiary/aromatic N) is 8. The largest absolute Gasteiger partial charge is 0.386 e. The van der Waals surface area contributed by atoms with E-state index in [2.05, 4.69) is 42.2 Å². The highest BCUT2D eigenvalue weighted by molar-refractivity contribution is 8.44. The number of aryl methyl sites for hydroxylation is 1. The van der Waals surface area contributed by atoms with E-state index in [1.165, 1.54) is 34.4 Å². The first kappa shape index (κ1) is 29.8. The Bertz CT molecular complexity index is 1820. The maximum absolute atomic E-state index is 13.5. The molecule has 3 fully saturated rings. The minimum absolute atomic E-state index is 0.143. The highest BCUT2D eigenvalue weighted by Gasteiger charge is 2.54. The highest BCUT2D eigenvalue weighted by atomic mass is 35.5. The summed E-state index contributed by atoms with van der Waals surface area (Å²) in [6, 6.07) is 0. The van der Waals surface area contributed by atoms with Gasteiger partial charge in [0, 0.05) is 0 Å². The van der Waals surface area contributed by atoms with Crippen molar-refractivity contribution in [2.24, 2.45) is 0 Å². The van der Waals surface area contributed by atoms with Crippen molar-refractivity contribution in [2.45, 2.75) is 55.5 Å². The van der Waals surface area contributed by atoms with E-state index in [1.807, 2.05) is 0 Å². The van der Waals surface area contributed by atoms with Gasteiger partial charge in [-0.1, -0.05) is 12.2 Å². The molecule has 4 aromatic rings. The third kappa shape index (κ3) is 5.27. The number of hydrogen-bond donors (Lipinski definition) is 4. The molecular formula is C20H22ClN9O9P2S2. The second-order valence-corrected chi connectivity index (χ2v) is 15.9. The van der Waals surface area contributed by atoms with Gasteiger partial charge in [-0.05, 0) is 18.7 Å². The van der Waals surface area contributed by atoms with Crippen LogP contribution in [0.15, 0.2) is 25.3 Å². The molecule has 0 amide bonds. The fourth-order valence-corrected chi connectivity index (χ4v) is 8.63. The number of hydrogen-bond acceptors (Lipinski definition) is 16. The van der Waals surface area contributed by atoms with Gasteiger partial charge in [-0.25, -0.2) is 34.5 Å². The summed E-state index contributed by atoms with van der Waals surface area (Å²) >= 11 is 16.2. The molecule has 230 valence electrons. The van der Waals surface area contributed by atoms with Gasteiger partial charge in [0.05, 0.1) is 25.0 Å². The Morgan fingerprint density at radius 1 is 1.00 bits per heavy atom. The van der Waals surface area contributed by atoms with E-state index in [1.54, 1.807) is 6.92 Å². The number of rotatable bonds is 2. The molecule has 7 heterocycles. The van der Waals surface area contributed by atoms with E-state index in [0.717, 1.165) is 0 Å². The second-order valence-electron chi connectivity index (χ2n) is 9.74. The summed E-state index contributed by atoms with van der Waals surface area (Å²) < 4.78 is 51.2.